The highest BCUT2D eigenvalue weighted by molar-refractivity contribution is 5.77. The normalized spacial score (nSPS) is 46.9. The van der Waals surface area contributed by atoms with Crippen LogP contribution in [0.15, 0.2) is 12.2 Å². The van der Waals surface area contributed by atoms with E-state index in [0.29, 0.717) is 0 Å². The van der Waals surface area contributed by atoms with Gasteiger partial charge < -0.3 is 4.74 Å². The van der Waals surface area contributed by atoms with Crippen molar-refractivity contribution >= 4 is 5.97 Å². The van der Waals surface area contributed by atoms with Gasteiger partial charge in [0.25, 0.3) is 0 Å². The number of carbonyl (C=O) groups excluding carboxylic acids is 1. The Kier molecular flexibility index (Phi) is 2.24. The zero-order chi connectivity index (χ0) is 12.3. The predicted molar refractivity (Wildman–Crippen MR) is 66.4 cm³/mol. The van der Waals surface area contributed by atoms with Crippen LogP contribution < -0.4 is 0 Å². The Morgan fingerprint density at radius 1 is 1.18 bits per heavy atom. The minimum absolute atomic E-state index is 0.0391. The van der Waals surface area contributed by atoms with Crippen LogP contribution in [0.1, 0.15) is 45.4 Å². The summed E-state index contributed by atoms with van der Waals surface area (Å²) in [5.41, 5.74) is 1.37. The summed E-state index contributed by atoms with van der Waals surface area (Å²) in [5, 5.41) is 0. The largest absolute Gasteiger partial charge is 0.469 e. The van der Waals surface area contributed by atoms with Gasteiger partial charge in [0.2, 0.25) is 0 Å². The van der Waals surface area contributed by atoms with E-state index in [1.807, 2.05) is 0 Å². The zero-order valence-corrected chi connectivity index (χ0v) is 10.9. The maximum absolute atomic E-state index is 12.2. The second-order valence-electron chi connectivity index (χ2n) is 6.79. The highest BCUT2D eigenvalue weighted by Gasteiger charge is 2.61. The number of rotatable bonds is 2. The SMILES string of the molecule is C=C(C)C12C[C@H]3C[C@@H](C1)CC(C(=O)OC)(C3)C2. The molecule has 0 radical (unpaired) electrons. The van der Waals surface area contributed by atoms with E-state index in [-0.39, 0.29) is 16.8 Å². The number of methoxy groups -OCH3 is 1. The molecule has 4 atom stereocenters. The molecule has 0 amide bonds. The first kappa shape index (κ1) is 11.3. The Morgan fingerprint density at radius 2 is 1.71 bits per heavy atom. The molecule has 0 aromatic carbocycles. The Labute approximate surface area is 103 Å². The summed E-state index contributed by atoms with van der Waals surface area (Å²) in [6, 6.07) is 0. The second kappa shape index (κ2) is 3.37. The summed E-state index contributed by atoms with van der Waals surface area (Å²) in [7, 11) is 1.54. The van der Waals surface area contributed by atoms with Crippen LogP contribution in [0.5, 0.6) is 0 Å². The fourth-order valence-electron chi connectivity index (χ4n) is 5.22. The van der Waals surface area contributed by atoms with Crippen molar-refractivity contribution in [3.05, 3.63) is 12.2 Å². The zero-order valence-electron chi connectivity index (χ0n) is 10.9. The maximum atomic E-state index is 12.2. The number of carbonyl (C=O) groups is 1. The predicted octanol–water partition coefficient (Wildman–Crippen LogP) is 3.32. The molecule has 0 saturated heterocycles. The van der Waals surface area contributed by atoms with Gasteiger partial charge in [-0.05, 0) is 62.7 Å². The summed E-state index contributed by atoms with van der Waals surface area (Å²) in [6.45, 7) is 6.36. The lowest BCUT2D eigenvalue weighted by Crippen LogP contribution is -2.55. The Bertz CT molecular complexity index is 368. The number of ether oxygens (including phenoxy) is 1. The van der Waals surface area contributed by atoms with E-state index in [9.17, 15) is 4.79 Å². The topological polar surface area (TPSA) is 26.3 Å². The van der Waals surface area contributed by atoms with Crippen molar-refractivity contribution in [3.63, 3.8) is 0 Å². The van der Waals surface area contributed by atoms with Crippen LogP contribution in [0.3, 0.4) is 0 Å². The summed E-state index contributed by atoms with van der Waals surface area (Å²) in [5.74, 6) is 1.50. The molecule has 0 aromatic rings. The first-order chi connectivity index (χ1) is 8.00. The van der Waals surface area contributed by atoms with Gasteiger partial charge in [0.1, 0.15) is 0 Å². The van der Waals surface area contributed by atoms with Gasteiger partial charge in [-0.15, -0.1) is 0 Å². The molecule has 4 aliphatic rings. The minimum atomic E-state index is -0.169. The van der Waals surface area contributed by atoms with E-state index in [1.165, 1.54) is 31.9 Å². The molecule has 0 heterocycles. The van der Waals surface area contributed by atoms with Crippen LogP contribution >= 0.6 is 0 Å². The molecule has 4 aliphatic carbocycles. The summed E-state index contributed by atoms with van der Waals surface area (Å²) in [4.78, 5) is 12.2. The van der Waals surface area contributed by atoms with Crippen LogP contribution in [0.2, 0.25) is 0 Å². The smallest absolute Gasteiger partial charge is 0.311 e. The molecule has 4 fully saturated rings. The third-order valence-electron chi connectivity index (χ3n) is 5.58. The second-order valence-corrected chi connectivity index (χ2v) is 6.79. The van der Waals surface area contributed by atoms with Crippen molar-refractivity contribution in [1.82, 2.24) is 0 Å². The molecule has 94 valence electrons. The van der Waals surface area contributed by atoms with Crippen LogP contribution in [0.25, 0.3) is 0 Å². The number of esters is 1. The lowest BCUT2D eigenvalue weighted by atomic mass is 9.43. The van der Waals surface area contributed by atoms with Crippen molar-refractivity contribution in [2.75, 3.05) is 7.11 Å². The maximum Gasteiger partial charge on any atom is 0.311 e. The number of hydrogen-bond donors (Lipinski definition) is 0. The summed E-state index contributed by atoms with van der Waals surface area (Å²) in [6.07, 6.45) is 6.97. The highest BCUT2D eigenvalue weighted by Crippen LogP contribution is 2.67. The average Bonchev–Trinajstić information content (AvgIpc) is 2.26. The quantitative estimate of drug-likeness (QED) is 0.541. The van der Waals surface area contributed by atoms with Gasteiger partial charge in [-0.25, -0.2) is 0 Å². The van der Waals surface area contributed by atoms with Gasteiger partial charge in [-0.2, -0.15) is 0 Å². The Balaban J connectivity index is 2.00. The Hall–Kier alpha value is -0.790. The third-order valence-corrected chi connectivity index (χ3v) is 5.58. The van der Waals surface area contributed by atoms with Crippen LogP contribution in [-0.2, 0) is 9.53 Å². The lowest BCUT2D eigenvalue weighted by Gasteiger charge is -2.61. The van der Waals surface area contributed by atoms with E-state index in [2.05, 4.69) is 13.5 Å². The third kappa shape index (κ3) is 1.42. The van der Waals surface area contributed by atoms with Gasteiger partial charge in [0, 0.05) is 0 Å². The van der Waals surface area contributed by atoms with Gasteiger partial charge in [0.05, 0.1) is 12.5 Å². The highest BCUT2D eigenvalue weighted by atomic mass is 16.5. The molecular weight excluding hydrogens is 212 g/mol. The average molecular weight is 234 g/mol. The van der Waals surface area contributed by atoms with E-state index in [4.69, 9.17) is 4.74 Å². The molecule has 4 saturated carbocycles. The fourth-order valence-corrected chi connectivity index (χ4v) is 5.22. The van der Waals surface area contributed by atoms with Crippen molar-refractivity contribution in [1.29, 1.82) is 0 Å². The van der Waals surface area contributed by atoms with Crippen LogP contribution in [0, 0.1) is 22.7 Å². The molecule has 0 aliphatic heterocycles. The monoisotopic (exact) mass is 234 g/mol. The van der Waals surface area contributed by atoms with E-state index < -0.39 is 0 Å². The van der Waals surface area contributed by atoms with E-state index in [1.54, 1.807) is 0 Å². The summed E-state index contributed by atoms with van der Waals surface area (Å²) >= 11 is 0. The first-order valence-electron chi connectivity index (χ1n) is 6.74. The van der Waals surface area contributed by atoms with Crippen molar-refractivity contribution in [2.24, 2.45) is 22.7 Å². The molecule has 2 unspecified atom stereocenters. The van der Waals surface area contributed by atoms with Crippen LogP contribution in [-0.4, -0.2) is 13.1 Å². The van der Waals surface area contributed by atoms with Gasteiger partial charge in [-0.3, -0.25) is 4.79 Å². The molecule has 2 heteroatoms. The molecular formula is C15H22O2. The van der Waals surface area contributed by atoms with Gasteiger partial charge in [0.15, 0.2) is 0 Å². The summed E-state index contributed by atoms with van der Waals surface area (Å²) < 4.78 is 5.09. The van der Waals surface area contributed by atoms with Crippen molar-refractivity contribution < 1.29 is 9.53 Å². The van der Waals surface area contributed by atoms with Crippen molar-refractivity contribution in [2.45, 2.75) is 45.4 Å². The van der Waals surface area contributed by atoms with Gasteiger partial charge >= 0.3 is 5.97 Å². The molecule has 4 rings (SSSR count). The first-order valence-corrected chi connectivity index (χ1v) is 6.74. The van der Waals surface area contributed by atoms with E-state index >= 15 is 0 Å². The van der Waals surface area contributed by atoms with Crippen molar-refractivity contribution in [3.8, 4) is 0 Å². The molecule has 2 nitrogen and oxygen atoms in total. The molecule has 0 spiro atoms. The Morgan fingerprint density at radius 3 is 2.18 bits per heavy atom. The van der Waals surface area contributed by atoms with Crippen LogP contribution in [0.4, 0.5) is 0 Å². The van der Waals surface area contributed by atoms with E-state index in [0.717, 1.165) is 31.1 Å². The standard InChI is InChI=1S/C15H22O2/c1-10(2)14-5-11-4-12(6-14)8-15(7-11,9-14)13(16)17-3/h11-12H,1,4-9H2,2-3H3/t11-,12+,14?,15?. The molecule has 17 heavy (non-hydrogen) atoms. The molecule has 0 aromatic heterocycles. The van der Waals surface area contributed by atoms with Gasteiger partial charge in [-0.1, -0.05) is 12.2 Å². The number of hydrogen-bond acceptors (Lipinski definition) is 2. The molecule has 0 N–H and O–H groups in total. The lowest BCUT2D eigenvalue weighted by molar-refractivity contribution is -0.174. The minimum Gasteiger partial charge on any atom is -0.469 e. The molecule has 4 bridgehead atoms. The fraction of sp³-hybridized carbons (Fsp3) is 0.800. The number of allylic oxidation sites excluding steroid dienone is 1.